The molecule has 0 amide bonds. The first-order valence-electron chi connectivity index (χ1n) is 13.4. The van der Waals surface area contributed by atoms with E-state index in [4.69, 9.17) is 39.0 Å². The number of aromatic amines is 1. The zero-order valence-electron chi connectivity index (χ0n) is 23.0. The molecule has 10 atom stereocenters. The van der Waals surface area contributed by atoms with Crippen molar-refractivity contribution in [2.75, 3.05) is 31.4 Å². The van der Waals surface area contributed by atoms with Crippen LogP contribution in [0.1, 0.15) is 12.5 Å². The molecule has 7 rings (SSSR count). The summed E-state index contributed by atoms with van der Waals surface area (Å²) in [7, 11) is -10.2. The third-order valence-electron chi connectivity index (χ3n) is 7.68. The zero-order valence-corrected chi connectivity index (χ0v) is 24.8. The Balaban J connectivity index is 1.22. The predicted octanol–water partition coefficient (Wildman–Crippen LogP) is -1.12. The van der Waals surface area contributed by atoms with Crippen LogP contribution >= 0.6 is 15.6 Å². The van der Waals surface area contributed by atoms with Crippen molar-refractivity contribution in [3.63, 3.8) is 0 Å². The van der Waals surface area contributed by atoms with E-state index < -0.39 is 90.0 Å². The summed E-state index contributed by atoms with van der Waals surface area (Å²) in [5.41, 5.74) is 10.8. The van der Waals surface area contributed by atoms with Gasteiger partial charge in [0, 0.05) is 5.92 Å². The SMILES string of the molecule is Nc1nc2c(ncn2C2OC3COP(=O)(O)OC4C(COP(=O)(O)OC2C3CF)OC(n2cnc3c(N)ncnc32)C4O)c(=O)[nH]1. The molecule has 3 aliphatic heterocycles. The standard InChI is InChI=1S/C21H25FN10O12P2/c22-1-7-8-2-39-46(37,38)44-14-9(42-19(12(14)33)31-5-27-10-15(23)25-4-26-16(10)31)3-40-45(35,36)43-13(7)20(41-8)32-6-28-11-17(32)29-21(24)30-18(11)34/h4-9,12-14,19-20,33H,1-3H2,(H,35,36)(H,37,38)(H2,23,25,26)(H3,24,29,30,34). The molecular formula is C21H25FN10O12P2. The number of ether oxygens (including phenoxy) is 2. The van der Waals surface area contributed by atoms with E-state index in [0.29, 0.717) is 0 Å². The smallest absolute Gasteiger partial charge is 0.386 e. The van der Waals surface area contributed by atoms with Crippen LogP contribution in [-0.4, -0.2) is 104 Å². The monoisotopic (exact) mass is 690 g/mol. The molecule has 0 aromatic carbocycles. The van der Waals surface area contributed by atoms with Gasteiger partial charge < -0.3 is 35.8 Å². The number of nitrogens with one attached hydrogen (secondary N) is 1. The van der Waals surface area contributed by atoms with Crippen molar-refractivity contribution in [2.24, 2.45) is 5.92 Å². The van der Waals surface area contributed by atoms with Gasteiger partial charge in [0.05, 0.1) is 38.6 Å². The Morgan fingerprint density at radius 2 is 1.54 bits per heavy atom. The van der Waals surface area contributed by atoms with Crippen molar-refractivity contribution in [1.82, 2.24) is 39.0 Å². The van der Waals surface area contributed by atoms with E-state index in [1.807, 2.05) is 0 Å². The molecule has 4 aromatic heterocycles. The minimum atomic E-state index is -5.13. The Hall–Kier alpha value is -3.47. The Bertz CT molecular complexity index is 1960. The Labute approximate surface area is 254 Å². The number of aromatic nitrogens is 8. The molecule has 22 nitrogen and oxygen atoms in total. The number of nitrogens with zero attached hydrogens (tertiary/aromatic N) is 7. The van der Waals surface area contributed by atoms with Crippen LogP contribution in [0, 0.1) is 5.92 Å². The number of imidazole rings is 2. The van der Waals surface area contributed by atoms with E-state index in [2.05, 4.69) is 29.9 Å². The van der Waals surface area contributed by atoms with Gasteiger partial charge in [0.2, 0.25) is 5.95 Å². The average Bonchev–Trinajstić information content (AvgIpc) is 3.75. The van der Waals surface area contributed by atoms with Crippen LogP contribution in [-0.2, 0) is 36.7 Å². The second-order valence-corrected chi connectivity index (χ2v) is 13.3. The molecule has 10 unspecified atom stereocenters. The molecule has 25 heteroatoms. The number of nitrogen functional groups attached to an aromatic ring is 2. The van der Waals surface area contributed by atoms with Crippen molar-refractivity contribution in [3.8, 4) is 0 Å². The highest BCUT2D eigenvalue weighted by Crippen LogP contribution is 2.54. The van der Waals surface area contributed by atoms with E-state index in [9.17, 15) is 33.2 Å². The van der Waals surface area contributed by atoms with Crippen LogP contribution in [0.2, 0.25) is 0 Å². The summed E-state index contributed by atoms with van der Waals surface area (Å²) in [6.07, 6.45) is -7.31. The molecule has 3 aliphatic rings. The summed E-state index contributed by atoms with van der Waals surface area (Å²) in [6.45, 7) is -2.87. The summed E-state index contributed by atoms with van der Waals surface area (Å²) in [4.78, 5) is 56.0. The number of phosphoric acid groups is 2. The Morgan fingerprint density at radius 1 is 0.913 bits per heavy atom. The normalized spacial score (nSPS) is 37.1. The summed E-state index contributed by atoms with van der Waals surface area (Å²) in [5, 5.41) is 11.2. The molecule has 4 aromatic rings. The van der Waals surface area contributed by atoms with Crippen LogP contribution in [0.15, 0.2) is 23.8 Å². The van der Waals surface area contributed by atoms with Crippen LogP contribution in [0.25, 0.3) is 22.3 Å². The second kappa shape index (κ2) is 11.3. The molecule has 8 N–H and O–H groups in total. The molecule has 7 heterocycles. The topological polar surface area (TPSA) is 309 Å². The number of nitrogens with two attached hydrogens (primary N) is 2. The quantitative estimate of drug-likeness (QED) is 0.139. The summed E-state index contributed by atoms with van der Waals surface area (Å²) >= 11 is 0. The van der Waals surface area contributed by atoms with Crippen molar-refractivity contribution in [2.45, 2.75) is 43.0 Å². The number of halogens is 1. The average molecular weight is 690 g/mol. The molecule has 0 radical (unpaired) electrons. The van der Waals surface area contributed by atoms with Gasteiger partial charge >= 0.3 is 15.6 Å². The van der Waals surface area contributed by atoms with Gasteiger partial charge in [-0.3, -0.25) is 41.4 Å². The largest absolute Gasteiger partial charge is 0.472 e. The molecular weight excluding hydrogens is 665 g/mol. The molecule has 0 saturated carbocycles. The number of fused-ring (bicyclic) bond motifs is 5. The van der Waals surface area contributed by atoms with Gasteiger partial charge in [-0.15, -0.1) is 0 Å². The van der Waals surface area contributed by atoms with Crippen LogP contribution in [0.3, 0.4) is 0 Å². The predicted molar refractivity (Wildman–Crippen MR) is 147 cm³/mol. The minimum Gasteiger partial charge on any atom is -0.386 e. The highest BCUT2D eigenvalue weighted by atomic mass is 31.2. The molecule has 2 bridgehead atoms. The Morgan fingerprint density at radius 3 is 2.26 bits per heavy atom. The van der Waals surface area contributed by atoms with Gasteiger partial charge in [0.15, 0.2) is 35.1 Å². The molecule has 248 valence electrons. The highest BCUT2D eigenvalue weighted by Gasteiger charge is 2.54. The van der Waals surface area contributed by atoms with Crippen molar-refractivity contribution < 1.29 is 56.0 Å². The first-order valence-corrected chi connectivity index (χ1v) is 16.4. The molecule has 0 aliphatic carbocycles. The lowest BCUT2D eigenvalue weighted by Gasteiger charge is -2.26. The highest BCUT2D eigenvalue weighted by molar-refractivity contribution is 7.47. The lowest BCUT2D eigenvalue weighted by Crippen LogP contribution is -2.36. The minimum absolute atomic E-state index is 0.0291. The first kappa shape index (κ1) is 31.1. The van der Waals surface area contributed by atoms with Crippen LogP contribution in [0.4, 0.5) is 16.2 Å². The lowest BCUT2D eigenvalue weighted by molar-refractivity contribution is -0.0671. The summed E-state index contributed by atoms with van der Waals surface area (Å²) in [5.74, 6) is -1.65. The van der Waals surface area contributed by atoms with E-state index in [0.717, 1.165) is 17.2 Å². The third-order valence-corrected chi connectivity index (χ3v) is 9.65. The van der Waals surface area contributed by atoms with Crippen LogP contribution < -0.4 is 17.0 Å². The number of hydrogen-bond donors (Lipinski definition) is 6. The molecule has 3 fully saturated rings. The van der Waals surface area contributed by atoms with Crippen LogP contribution in [0.5, 0.6) is 0 Å². The molecule has 46 heavy (non-hydrogen) atoms. The number of aliphatic hydroxyl groups excluding tert-OH is 1. The van der Waals surface area contributed by atoms with E-state index >= 15 is 0 Å². The number of rotatable bonds is 3. The van der Waals surface area contributed by atoms with E-state index in [-0.39, 0.29) is 34.1 Å². The van der Waals surface area contributed by atoms with Gasteiger partial charge in [-0.05, 0) is 0 Å². The van der Waals surface area contributed by atoms with Gasteiger partial charge in [-0.25, -0.2) is 29.1 Å². The maximum absolute atomic E-state index is 14.5. The van der Waals surface area contributed by atoms with Gasteiger partial charge in [-0.1, -0.05) is 0 Å². The van der Waals surface area contributed by atoms with Crippen molar-refractivity contribution >= 4 is 49.7 Å². The van der Waals surface area contributed by atoms with E-state index in [1.54, 1.807) is 0 Å². The lowest BCUT2D eigenvalue weighted by atomic mass is 10.00. The van der Waals surface area contributed by atoms with Gasteiger partial charge in [-0.2, -0.15) is 4.98 Å². The van der Waals surface area contributed by atoms with Crippen molar-refractivity contribution in [3.05, 3.63) is 29.3 Å². The number of hydrogen-bond acceptors (Lipinski definition) is 17. The first-order chi connectivity index (χ1) is 21.9. The summed E-state index contributed by atoms with van der Waals surface area (Å²) < 4.78 is 76.1. The number of aliphatic hydroxyl groups is 1. The fraction of sp³-hybridized carbons (Fsp3) is 0.524. The van der Waals surface area contributed by atoms with Gasteiger partial charge in [0.25, 0.3) is 5.56 Å². The maximum atomic E-state index is 14.5. The van der Waals surface area contributed by atoms with Crippen molar-refractivity contribution in [1.29, 1.82) is 0 Å². The third kappa shape index (κ3) is 5.38. The summed E-state index contributed by atoms with van der Waals surface area (Å²) in [6, 6.07) is 0. The number of phosphoric ester groups is 2. The fourth-order valence-corrected chi connectivity index (χ4v) is 7.52. The van der Waals surface area contributed by atoms with E-state index in [1.165, 1.54) is 10.9 Å². The molecule has 0 spiro atoms. The van der Waals surface area contributed by atoms with Gasteiger partial charge in [0.1, 0.15) is 36.3 Å². The number of alkyl halides is 1. The second-order valence-electron chi connectivity index (χ2n) is 10.5. The number of anilines is 2. The zero-order chi connectivity index (χ0) is 32.5. The maximum Gasteiger partial charge on any atom is 0.472 e. The number of H-pyrrole nitrogens is 1. The fourth-order valence-electron chi connectivity index (χ4n) is 5.59. The Kier molecular flexibility index (Phi) is 7.68. The molecule has 3 saturated heterocycles.